The third-order valence-electron chi connectivity index (χ3n) is 7.13. The minimum absolute atomic E-state index is 0.119. The van der Waals surface area contributed by atoms with Crippen LogP contribution in [0.5, 0.6) is 0 Å². The predicted octanol–water partition coefficient (Wildman–Crippen LogP) is 6.72. The van der Waals surface area contributed by atoms with Gasteiger partial charge in [-0.1, -0.05) is 60.7 Å². The van der Waals surface area contributed by atoms with Gasteiger partial charge in [0.1, 0.15) is 0 Å². The largest absolute Gasteiger partial charge is 0.435 e. The van der Waals surface area contributed by atoms with Crippen LogP contribution >= 0.6 is 0 Å². The predicted molar refractivity (Wildman–Crippen MR) is 139 cm³/mol. The average molecular weight is 505 g/mol. The molecule has 0 unspecified atom stereocenters. The van der Waals surface area contributed by atoms with Gasteiger partial charge in [-0.05, 0) is 61.8 Å². The van der Waals surface area contributed by atoms with Gasteiger partial charge in [-0.15, -0.1) is 0 Å². The standard InChI is InChI=1S/C30H31F3N4/c1-21-10-5-6-13-23(21)24-15-9-17-35-28(24)26(20-22-11-3-2-4-12-22)34-18-19-37-27-16-8-7-14-25(27)29(36-37)30(31,32)33/h2-6,9-13,15,17,26,34H,7-8,14,16,18-20H2,1H3/t26-/m0/s1. The monoisotopic (exact) mass is 504 g/mol. The van der Waals surface area contributed by atoms with Crippen molar-refractivity contribution < 1.29 is 13.2 Å². The highest BCUT2D eigenvalue weighted by atomic mass is 19.4. The van der Waals surface area contributed by atoms with Crippen molar-refractivity contribution in [1.82, 2.24) is 20.1 Å². The Morgan fingerprint density at radius 3 is 2.43 bits per heavy atom. The van der Waals surface area contributed by atoms with E-state index in [9.17, 15) is 13.2 Å². The van der Waals surface area contributed by atoms with E-state index in [-0.39, 0.29) is 6.04 Å². The zero-order valence-corrected chi connectivity index (χ0v) is 20.9. The molecule has 0 saturated heterocycles. The summed E-state index contributed by atoms with van der Waals surface area (Å²) in [7, 11) is 0. The van der Waals surface area contributed by atoms with Gasteiger partial charge < -0.3 is 5.32 Å². The average Bonchev–Trinajstić information content (AvgIpc) is 3.28. The van der Waals surface area contributed by atoms with E-state index in [1.807, 2.05) is 36.4 Å². The molecule has 192 valence electrons. The van der Waals surface area contributed by atoms with E-state index in [1.54, 1.807) is 10.9 Å². The van der Waals surface area contributed by atoms with Gasteiger partial charge in [-0.3, -0.25) is 9.67 Å². The lowest BCUT2D eigenvalue weighted by Crippen LogP contribution is -2.29. The lowest BCUT2D eigenvalue weighted by molar-refractivity contribution is -0.142. The van der Waals surface area contributed by atoms with Crippen LogP contribution < -0.4 is 5.32 Å². The van der Waals surface area contributed by atoms with E-state index in [4.69, 9.17) is 4.98 Å². The van der Waals surface area contributed by atoms with Gasteiger partial charge in [0.25, 0.3) is 0 Å². The van der Waals surface area contributed by atoms with E-state index in [0.29, 0.717) is 37.9 Å². The number of nitrogens with zero attached hydrogens (tertiary/aromatic N) is 3. The molecule has 7 heteroatoms. The molecule has 0 fully saturated rings. The molecule has 4 aromatic rings. The number of alkyl halides is 3. The molecule has 0 radical (unpaired) electrons. The zero-order chi connectivity index (χ0) is 25.8. The van der Waals surface area contributed by atoms with Crippen LogP contribution in [0, 0.1) is 6.92 Å². The van der Waals surface area contributed by atoms with E-state index in [2.05, 4.69) is 47.7 Å². The molecular formula is C30H31F3N4. The molecule has 0 spiro atoms. The first-order valence-corrected chi connectivity index (χ1v) is 12.9. The summed E-state index contributed by atoms with van der Waals surface area (Å²) in [4.78, 5) is 4.79. The maximum atomic E-state index is 13.6. The topological polar surface area (TPSA) is 42.7 Å². The molecule has 1 aliphatic rings. The van der Waals surface area contributed by atoms with Gasteiger partial charge >= 0.3 is 6.18 Å². The van der Waals surface area contributed by atoms with E-state index >= 15 is 0 Å². The Labute approximate surface area is 215 Å². The van der Waals surface area contributed by atoms with Crippen molar-refractivity contribution in [3.63, 3.8) is 0 Å². The molecule has 2 aromatic carbocycles. The van der Waals surface area contributed by atoms with Crippen molar-refractivity contribution in [3.8, 4) is 11.1 Å². The lowest BCUT2D eigenvalue weighted by Gasteiger charge is -2.22. The third kappa shape index (κ3) is 5.62. The zero-order valence-electron chi connectivity index (χ0n) is 20.9. The highest BCUT2D eigenvalue weighted by Crippen LogP contribution is 2.36. The van der Waals surface area contributed by atoms with Crippen LogP contribution in [-0.2, 0) is 32.0 Å². The van der Waals surface area contributed by atoms with Gasteiger partial charge in [0.05, 0.1) is 18.3 Å². The number of hydrogen-bond donors (Lipinski definition) is 1. The van der Waals surface area contributed by atoms with Crippen molar-refractivity contribution in [2.75, 3.05) is 6.54 Å². The number of aromatic nitrogens is 3. The number of fused-ring (bicyclic) bond motifs is 1. The first kappa shape index (κ1) is 25.2. The maximum Gasteiger partial charge on any atom is 0.435 e. The Morgan fingerprint density at radius 2 is 1.65 bits per heavy atom. The Bertz CT molecular complexity index is 1340. The van der Waals surface area contributed by atoms with Crippen LogP contribution in [0.25, 0.3) is 11.1 Å². The van der Waals surface area contributed by atoms with E-state index in [0.717, 1.165) is 46.5 Å². The fourth-order valence-corrected chi connectivity index (χ4v) is 5.34. The van der Waals surface area contributed by atoms with Crippen molar-refractivity contribution in [2.45, 2.75) is 57.8 Å². The van der Waals surface area contributed by atoms with Crippen molar-refractivity contribution >= 4 is 0 Å². The Balaban J connectivity index is 1.43. The fraction of sp³-hybridized carbons (Fsp3) is 0.333. The number of nitrogens with one attached hydrogen (secondary N) is 1. The van der Waals surface area contributed by atoms with Gasteiger partial charge in [0.15, 0.2) is 5.69 Å². The van der Waals surface area contributed by atoms with Crippen LogP contribution in [0.1, 0.15) is 52.7 Å². The van der Waals surface area contributed by atoms with E-state index in [1.165, 1.54) is 0 Å². The number of benzene rings is 2. The van der Waals surface area contributed by atoms with E-state index < -0.39 is 11.9 Å². The number of pyridine rings is 1. The molecule has 0 aliphatic heterocycles. The highest BCUT2D eigenvalue weighted by Gasteiger charge is 2.39. The molecule has 5 rings (SSSR count). The Hall–Kier alpha value is -3.45. The summed E-state index contributed by atoms with van der Waals surface area (Å²) in [6.07, 6.45) is 0.851. The van der Waals surface area contributed by atoms with Crippen molar-refractivity contribution in [1.29, 1.82) is 0 Å². The summed E-state index contributed by atoms with van der Waals surface area (Å²) >= 11 is 0. The number of halogens is 3. The Kier molecular flexibility index (Phi) is 7.42. The molecule has 37 heavy (non-hydrogen) atoms. The normalized spacial score (nSPS) is 14.4. The molecular weight excluding hydrogens is 473 g/mol. The summed E-state index contributed by atoms with van der Waals surface area (Å²) in [5, 5.41) is 7.64. The first-order chi connectivity index (χ1) is 17.9. The maximum absolute atomic E-state index is 13.6. The second-order valence-electron chi connectivity index (χ2n) is 9.65. The fourth-order valence-electron chi connectivity index (χ4n) is 5.34. The van der Waals surface area contributed by atoms with Gasteiger partial charge in [0.2, 0.25) is 0 Å². The third-order valence-corrected chi connectivity index (χ3v) is 7.13. The van der Waals surface area contributed by atoms with Crippen LogP contribution in [0.2, 0.25) is 0 Å². The van der Waals surface area contributed by atoms with Gasteiger partial charge in [-0.2, -0.15) is 18.3 Å². The molecule has 1 aliphatic carbocycles. The SMILES string of the molecule is Cc1ccccc1-c1cccnc1[C@H](Cc1ccccc1)NCCn1nc(C(F)(F)F)c2c1CCCC2. The number of hydrogen-bond acceptors (Lipinski definition) is 3. The first-order valence-electron chi connectivity index (χ1n) is 12.9. The van der Waals surface area contributed by atoms with Crippen LogP contribution in [-0.4, -0.2) is 21.3 Å². The number of rotatable bonds is 8. The summed E-state index contributed by atoms with van der Waals surface area (Å²) in [6, 6.07) is 22.3. The summed E-state index contributed by atoms with van der Waals surface area (Å²) in [5.41, 5.74) is 5.85. The number of aryl methyl sites for hydroxylation is 1. The summed E-state index contributed by atoms with van der Waals surface area (Å²) in [6.45, 7) is 2.94. The second kappa shape index (κ2) is 10.9. The Morgan fingerprint density at radius 1 is 0.919 bits per heavy atom. The van der Waals surface area contributed by atoms with Crippen molar-refractivity contribution in [2.24, 2.45) is 0 Å². The van der Waals surface area contributed by atoms with Crippen LogP contribution in [0.15, 0.2) is 72.9 Å². The quantitative estimate of drug-likeness (QED) is 0.290. The lowest BCUT2D eigenvalue weighted by atomic mass is 9.93. The summed E-state index contributed by atoms with van der Waals surface area (Å²) < 4.78 is 42.5. The van der Waals surface area contributed by atoms with Crippen LogP contribution in [0.3, 0.4) is 0 Å². The highest BCUT2D eigenvalue weighted by molar-refractivity contribution is 5.69. The molecule has 2 heterocycles. The van der Waals surface area contributed by atoms with Crippen LogP contribution in [0.4, 0.5) is 13.2 Å². The molecule has 4 nitrogen and oxygen atoms in total. The molecule has 0 bridgehead atoms. The molecule has 0 saturated carbocycles. The minimum Gasteiger partial charge on any atom is -0.306 e. The molecule has 1 N–H and O–H groups in total. The molecule has 0 amide bonds. The smallest absolute Gasteiger partial charge is 0.306 e. The second-order valence-corrected chi connectivity index (χ2v) is 9.65. The summed E-state index contributed by atoms with van der Waals surface area (Å²) in [5.74, 6) is 0. The van der Waals surface area contributed by atoms with Crippen molar-refractivity contribution in [3.05, 3.63) is 107 Å². The van der Waals surface area contributed by atoms with Gasteiger partial charge in [0, 0.05) is 29.6 Å². The minimum atomic E-state index is -4.42. The molecule has 2 aromatic heterocycles. The molecule has 1 atom stereocenters. The van der Waals surface area contributed by atoms with Gasteiger partial charge in [-0.25, -0.2) is 0 Å².